The Morgan fingerprint density at radius 1 is 1.14 bits per heavy atom. The number of aromatic nitrogens is 1. The minimum Gasteiger partial charge on any atom is -0.506 e. The molecule has 1 atom stereocenters. The highest BCUT2D eigenvalue weighted by Gasteiger charge is 2.36. The number of aromatic amines is 1. The highest BCUT2D eigenvalue weighted by molar-refractivity contribution is 7.16. The third-order valence-electron chi connectivity index (χ3n) is 8.30. The zero-order chi connectivity index (χ0) is 30.2. The fraction of sp³-hybridized carbons (Fsp3) is 0.742. The fourth-order valence-electron chi connectivity index (χ4n) is 5.93. The van der Waals surface area contributed by atoms with Crippen LogP contribution in [0.5, 0.6) is 5.75 Å². The number of carbonyl (C=O) groups excluding carboxylic acids is 1. The highest BCUT2D eigenvalue weighted by Crippen LogP contribution is 2.32. The van der Waals surface area contributed by atoms with Gasteiger partial charge in [0.15, 0.2) is 0 Å². The summed E-state index contributed by atoms with van der Waals surface area (Å²) < 4.78 is 12.2. The summed E-state index contributed by atoms with van der Waals surface area (Å²) in [6.07, 6.45) is 8.57. The van der Waals surface area contributed by atoms with Gasteiger partial charge in [-0.3, -0.25) is 4.79 Å². The van der Waals surface area contributed by atoms with E-state index < -0.39 is 17.8 Å². The van der Waals surface area contributed by atoms with E-state index >= 15 is 0 Å². The molecule has 2 aromatic rings. The molecule has 2 fully saturated rings. The predicted molar refractivity (Wildman–Crippen MR) is 166 cm³/mol. The lowest BCUT2D eigenvalue weighted by molar-refractivity contribution is -0.0996. The number of benzene rings is 1. The van der Waals surface area contributed by atoms with Crippen molar-refractivity contribution in [1.29, 1.82) is 0 Å². The summed E-state index contributed by atoms with van der Waals surface area (Å²) in [5, 5.41) is 24.6. The summed E-state index contributed by atoms with van der Waals surface area (Å²) in [7, 11) is 0. The number of piperidine rings is 1. The van der Waals surface area contributed by atoms with Crippen molar-refractivity contribution in [3.8, 4) is 5.75 Å². The number of morpholine rings is 1. The number of ether oxygens (including phenoxy) is 2. The van der Waals surface area contributed by atoms with Crippen molar-refractivity contribution < 1.29 is 24.5 Å². The zero-order valence-electron chi connectivity index (χ0n) is 25.6. The largest absolute Gasteiger partial charge is 0.506 e. The first kappa shape index (κ1) is 32.7. The van der Waals surface area contributed by atoms with Crippen LogP contribution in [-0.2, 0) is 9.47 Å². The Kier molecular flexibility index (Phi) is 11.7. The van der Waals surface area contributed by atoms with Crippen molar-refractivity contribution >= 4 is 27.6 Å². The van der Waals surface area contributed by atoms with Crippen LogP contribution < -0.4 is 10.2 Å². The number of carbonyl (C=O) groups is 1. The summed E-state index contributed by atoms with van der Waals surface area (Å²) in [5.41, 5.74) is 0.237. The van der Waals surface area contributed by atoms with Crippen LogP contribution in [0.25, 0.3) is 10.2 Å². The average molecular weight is 607 g/mol. The number of likely N-dealkylation sites (tertiary alicyclic amines) is 1. The number of thiazole rings is 1. The van der Waals surface area contributed by atoms with E-state index in [1.165, 1.54) is 38.3 Å². The van der Waals surface area contributed by atoms with Gasteiger partial charge in [-0.2, -0.15) is 0 Å². The van der Waals surface area contributed by atoms with E-state index in [2.05, 4.69) is 15.2 Å². The number of hydrogen-bond acceptors (Lipinski definition) is 9. The molecule has 3 heterocycles. The first-order chi connectivity index (χ1) is 20.1. The number of aromatic hydroxyl groups is 1. The normalized spacial score (nSPS) is 18.4. The second-order valence-corrected chi connectivity index (χ2v) is 13.8. The number of H-pyrrole nitrogens is 1. The molecular weight excluding hydrogens is 556 g/mol. The molecule has 4 rings (SSSR count). The van der Waals surface area contributed by atoms with Crippen LogP contribution >= 0.6 is 11.3 Å². The second-order valence-electron chi connectivity index (χ2n) is 12.9. The van der Waals surface area contributed by atoms with Gasteiger partial charge in [0.2, 0.25) is 0 Å². The van der Waals surface area contributed by atoms with Crippen LogP contribution in [0.1, 0.15) is 90.2 Å². The lowest BCUT2D eigenvalue weighted by Crippen LogP contribution is -2.55. The summed E-state index contributed by atoms with van der Waals surface area (Å²) in [5.74, 6) is -0.0461. The van der Waals surface area contributed by atoms with Crippen molar-refractivity contribution in [3.05, 3.63) is 27.4 Å². The molecule has 0 saturated carbocycles. The van der Waals surface area contributed by atoms with Gasteiger partial charge in [-0.05, 0) is 59.1 Å². The monoisotopic (exact) mass is 606 g/mol. The van der Waals surface area contributed by atoms with Gasteiger partial charge in [-0.15, -0.1) is 0 Å². The third kappa shape index (κ3) is 9.41. The number of phenolic OH excluding ortho intramolecular Hbond substituents is 1. The standard InChI is InChI=1S/C31H50N4O6S/c1-30(2,3)41-29(39)35(21-25(37)23-11-12-24(36)26-27(23)42-28(38)33-26)17-10-8-6-4-5-7-9-16-34-18-13-31(14-19-34)22-32-15-20-40-31/h11-12,25,32,36-37H,4-10,13-22H2,1-3H3,(H,33,38). The van der Waals surface area contributed by atoms with Crippen molar-refractivity contribution in [1.82, 2.24) is 20.1 Å². The smallest absolute Gasteiger partial charge is 0.410 e. The molecule has 0 aliphatic carbocycles. The molecule has 1 spiro atoms. The van der Waals surface area contributed by atoms with Gasteiger partial charge >= 0.3 is 11.0 Å². The number of amides is 1. The molecule has 1 aromatic heterocycles. The predicted octanol–water partition coefficient (Wildman–Crippen LogP) is 4.75. The van der Waals surface area contributed by atoms with Crippen molar-refractivity contribution in [2.24, 2.45) is 0 Å². The molecule has 2 saturated heterocycles. The van der Waals surface area contributed by atoms with Gasteiger partial charge in [0, 0.05) is 38.3 Å². The van der Waals surface area contributed by atoms with Crippen LogP contribution in [0.2, 0.25) is 0 Å². The maximum Gasteiger partial charge on any atom is 0.410 e. The maximum absolute atomic E-state index is 13.0. The number of aliphatic hydroxyl groups is 1. The Labute approximate surface area is 253 Å². The molecule has 10 nitrogen and oxygen atoms in total. The third-order valence-corrected chi connectivity index (χ3v) is 9.23. The Morgan fingerprint density at radius 2 is 1.83 bits per heavy atom. The van der Waals surface area contributed by atoms with Crippen LogP contribution in [0, 0.1) is 0 Å². The number of fused-ring (bicyclic) bond motifs is 1. The summed E-state index contributed by atoms with van der Waals surface area (Å²) in [6, 6.07) is 3.05. The van der Waals surface area contributed by atoms with E-state index in [-0.39, 0.29) is 22.8 Å². The van der Waals surface area contributed by atoms with Gasteiger partial charge in [0.25, 0.3) is 0 Å². The molecule has 0 bridgehead atoms. The second kappa shape index (κ2) is 15.0. The van der Waals surface area contributed by atoms with Crippen molar-refractivity contribution in [2.75, 3.05) is 52.4 Å². The minimum absolute atomic E-state index is 0.0428. The van der Waals surface area contributed by atoms with Gasteiger partial charge in [0.1, 0.15) is 16.9 Å². The molecule has 1 amide bonds. The number of phenols is 1. The lowest BCUT2D eigenvalue weighted by Gasteiger charge is -2.44. The number of unbranched alkanes of at least 4 members (excludes halogenated alkanes) is 6. The summed E-state index contributed by atoms with van der Waals surface area (Å²) in [4.78, 5) is 31.3. The molecule has 0 radical (unpaired) electrons. The van der Waals surface area contributed by atoms with E-state index in [1.54, 1.807) is 11.0 Å². The number of nitrogens with one attached hydrogen (secondary N) is 2. The molecule has 4 N–H and O–H groups in total. The van der Waals surface area contributed by atoms with Gasteiger partial charge < -0.3 is 39.8 Å². The van der Waals surface area contributed by atoms with Gasteiger partial charge in [0.05, 0.1) is 29.6 Å². The van der Waals surface area contributed by atoms with Gasteiger partial charge in [-0.1, -0.05) is 49.5 Å². The highest BCUT2D eigenvalue weighted by atomic mass is 32.1. The van der Waals surface area contributed by atoms with E-state index in [4.69, 9.17) is 9.47 Å². The number of nitrogens with zero attached hydrogens (tertiary/aromatic N) is 2. The lowest BCUT2D eigenvalue weighted by atomic mass is 9.90. The fourth-order valence-corrected chi connectivity index (χ4v) is 6.84. The molecule has 2 aliphatic rings. The van der Waals surface area contributed by atoms with Crippen molar-refractivity contribution in [3.63, 3.8) is 0 Å². The molecule has 2 aliphatic heterocycles. The van der Waals surface area contributed by atoms with Gasteiger partial charge in [-0.25, -0.2) is 4.79 Å². The quantitative estimate of drug-likeness (QED) is 0.241. The topological polar surface area (TPSA) is 127 Å². The number of rotatable bonds is 13. The van der Waals surface area contributed by atoms with Crippen LogP contribution in [0.4, 0.5) is 4.79 Å². The van der Waals surface area contributed by atoms with Crippen LogP contribution in [-0.4, -0.2) is 94.7 Å². The minimum atomic E-state index is -1.02. The molecular formula is C31H50N4O6S. The SMILES string of the molecule is CC(C)(C)OC(=O)N(CCCCCCCCCN1CCC2(CC1)CNCCO2)CC(O)c1ccc(O)c2[nH]c(=O)sc12. The van der Waals surface area contributed by atoms with Crippen LogP contribution in [0.3, 0.4) is 0 Å². The van der Waals surface area contributed by atoms with E-state index in [1.807, 2.05) is 20.8 Å². The summed E-state index contributed by atoms with van der Waals surface area (Å²) >= 11 is 0.936. The van der Waals surface area contributed by atoms with Crippen molar-refractivity contribution in [2.45, 2.75) is 95.9 Å². The Bertz CT molecular complexity index is 1190. The molecule has 236 valence electrons. The van der Waals surface area contributed by atoms with Crippen LogP contribution in [0.15, 0.2) is 16.9 Å². The molecule has 1 unspecified atom stereocenters. The molecule has 1 aromatic carbocycles. The van der Waals surface area contributed by atoms with E-state index in [0.717, 1.165) is 76.2 Å². The maximum atomic E-state index is 13.0. The Morgan fingerprint density at radius 3 is 2.50 bits per heavy atom. The first-order valence-electron chi connectivity index (χ1n) is 15.6. The number of hydrogen-bond donors (Lipinski definition) is 4. The first-order valence-corrected chi connectivity index (χ1v) is 16.4. The Hall–Kier alpha value is -2.18. The van der Waals surface area contributed by atoms with E-state index in [0.29, 0.717) is 22.3 Å². The molecule has 11 heteroatoms. The Balaban J connectivity index is 1.16. The van der Waals surface area contributed by atoms with E-state index in [9.17, 15) is 19.8 Å². The average Bonchev–Trinajstić information content (AvgIpc) is 3.34. The molecule has 42 heavy (non-hydrogen) atoms. The number of aliphatic hydroxyl groups excluding tert-OH is 1. The summed E-state index contributed by atoms with van der Waals surface area (Å²) in [6.45, 7) is 12.2. The zero-order valence-corrected chi connectivity index (χ0v) is 26.4.